The van der Waals surface area contributed by atoms with Gasteiger partial charge in [0.05, 0.1) is 0 Å². The second-order valence-corrected chi connectivity index (χ2v) is 3.84. The monoisotopic (exact) mass is 188 g/mol. The third-order valence-electron chi connectivity index (χ3n) is 2.46. The van der Waals surface area contributed by atoms with Gasteiger partial charge in [-0.05, 0) is 37.3 Å². The smallest absolute Gasteiger partial charge is 0.0403 e. The van der Waals surface area contributed by atoms with Crippen molar-refractivity contribution in [1.29, 1.82) is 0 Å². The first kappa shape index (κ1) is 9.25. The van der Waals surface area contributed by atoms with Gasteiger partial charge in [-0.15, -0.1) is 0 Å². The summed E-state index contributed by atoms with van der Waals surface area (Å²) in [5, 5.41) is 3.37. The number of aryl methyl sites for hydroxylation is 1. The van der Waals surface area contributed by atoms with E-state index in [1.807, 2.05) is 18.5 Å². The number of allylic oxidation sites excluding steroid dienone is 1. The molecule has 0 saturated heterocycles. The molecular formula is C12H16N2. The first-order valence-electron chi connectivity index (χ1n) is 5.17. The molecule has 2 nitrogen and oxygen atoms in total. The van der Waals surface area contributed by atoms with Crippen LogP contribution in [0.1, 0.15) is 18.4 Å². The van der Waals surface area contributed by atoms with Crippen LogP contribution in [0.3, 0.4) is 0 Å². The number of nitrogens with zero attached hydrogens (tertiary/aromatic N) is 1. The van der Waals surface area contributed by atoms with E-state index in [1.54, 1.807) is 0 Å². The van der Waals surface area contributed by atoms with Gasteiger partial charge >= 0.3 is 0 Å². The van der Waals surface area contributed by atoms with Crippen LogP contribution in [-0.2, 0) is 0 Å². The average Bonchev–Trinajstić information content (AvgIpc) is 2.99. The van der Waals surface area contributed by atoms with E-state index >= 15 is 0 Å². The molecule has 2 heteroatoms. The molecule has 1 aromatic heterocycles. The minimum absolute atomic E-state index is 0.871. The number of hydrogen-bond donors (Lipinski definition) is 1. The first-order chi connectivity index (χ1) is 6.86. The van der Waals surface area contributed by atoms with E-state index in [9.17, 15) is 0 Å². The molecule has 0 spiro atoms. The highest BCUT2D eigenvalue weighted by atomic mass is 14.9. The van der Waals surface area contributed by atoms with Crippen molar-refractivity contribution in [2.24, 2.45) is 5.92 Å². The van der Waals surface area contributed by atoms with Gasteiger partial charge in [-0.1, -0.05) is 12.2 Å². The molecule has 14 heavy (non-hydrogen) atoms. The maximum Gasteiger partial charge on any atom is 0.0403 e. The zero-order valence-electron chi connectivity index (χ0n) is 8.53. The Bertz CT molecular complexity index is 327. The van der Waals surface area contributed by atoms with Crippen molar-refractivity contribution in [2.75, 3.05) is 11.9 Å². The number of rotatable bonds is 4. The predicted octanol–water partition coefficient (Wildman–Crippen LogP) is 2.77. The zero-order valence-corrected chi connectivity index (χ0v) is 8.53. The van der Waals surface area contributed by atoms with E-state index < -0.39 is 0 Å². The topological polar surface area (TPSA) is 24.9 Å². The van der Waals surface area contributed by atoms with Crippen molar-refractivity contribution < 1.29 is 0 Å². The lowest BCUT2D eigenvalue weighted by atomic mass is 10.2. The van der Waals surface area contributed by atoms with Gasteiger partial charge in [-0.2, -0.15) is 0 Å². The van der Waals surface area contributed by atoms with Crippen molar-refractivity contribution in [3.8, 4) is 0 Å². The van der Waals surface area contributed by atoms with Crippen LogP contribution in [-0.4, -0.2) is 11.5 Å². The molecule has 1 saturated carbocycles. The van der Waals surface area contributed by atoms with E-state index in [0.29, 0.717) is 0 Å². The van der Waals surface area contributed by atoms with Crippen molar-refractivity contribution in [2.45, 2.75) is 19.8 Å². The normalized spacial score (nSPS) is 16.1. The lowest BCUT2D eigenvalue weighted by molar-refractivity contribution is 1.11. The van der Waals surface area contributed by atoms with Crippen LogP contribution in [0.5, 0.6) is 0 Å². The van der Waals surface area contributed by atoms with Crippen molar-refractivity contribution >= 4 is 5.69 Å². The molecule has 2 rings (SSSR count). The van der Waals surface area contributed by atoms with Crippen LogP contribution >= 0.6 is 0 Å². The predicted molar refractivity (Wildman–Crippen MR) is 59.3 cm³/mol. The van der Waals surface area contributed by atoms with Gasteiger partial charge in [0, 0.05) is 24.6 Å². The summed E-state index contributed by atoms with van der Waals surface area (Å²) in [7, 11) is 0. The number of hydrogen-bond acceptors (Lipinski definition) is 2. The Kier molecular flexibility index (Phi) is 2.82. The SMILES string of the molecule is Cc1cnccc1NC/C=C/C1CC1. The van der Waals surface area contributed by atoms with Crippen molar-refractivity contribution in [3.63, 3.8) is 0 Å². The molecule has 1 fully saturated rings. The summed E-state index contributed by atoms with van der Waals surface area (Å²) in [5.74, 6) is 0.871. The lowest BCUT2D eigenvalue weighted by Gasteiger charge is -2.05. The van der Waals surface area contributed by atoms with Crippen LogP contribution in [0.25, 0.3) is 0 Å². The highest BCUT2D eigenvalue weighted by molar-refractivity contribution is 5.48. The maximum atomic E-state index is 4.05. The quantitative estimate of drug-likeness (QED) is 0.735. The molecule has 0 unspecified atom stereocenters. The number of pyridine rings is 1. The van der Waals surface area contributed by atoms with E-state index in [-0.39, 0.29) is 0 Å². The lowest BCUT2D eigenvalue weighted by Crippen LogP contribution is -2.00. The minimum atomic E-state index is 0.871. The molecule has 1 N–H and O–H groups in total. The Morgan fingerprint density at radius 1 is 1.57 bits per heavy atom. The van der Waals surface area contributed by atoms with Gasteiger partial charge in [-0.3, -0.25) is 4.98 Å². The van der Waals surface area contributed by atoms with Gasteiger partial charge in [0.2, 0.25) is 0 Å². The Hall–Kier alpha value is -1.31. The number of aromatic nitrogens is 1. The fraction of sp³-hybridized carbons (Fsp3) is 0.417. The zero-order chi connectivity index (χ0) is 9.80. The third-order valence-corrected chi connectivity index (χ3v) is 2.46. The molecule has 0 atom stereocenters. The Balaban J connectivity index is 1.82. The fourth-order valence-corrected chi connectivity index (χ4v) is 1.39. The summed E-state index contributed by atoms with van der Waals surface area (Å²) in [6.45, 7) is 2.99. The summed E-state index contributed by atoms with van der Waals surface area (Å²) in [4.78, 5) is 4.05. The van der Waals surface area contributed by atoms with Crippen LogP contribution < -0.4 is 5.32 Å². The highest BCUT2D eigenvalue weighted by Gasteiger charge is 2.16. The van der Waals surface area contributed by atoms with Crippen LogP contribution in [0.15, 0.2) is 30.6 Å². The molecule has 0 amide bonds. The molecule has 1 aliphatic rings. The molecule has 0 aromatic carbocycles. The molecular weight excluding hydrogens is 172 g/mol. The fourth-order valence-electron chi connectivity index (χ4n) is 1.39. The maximum absolute atomic E-state index is 4.05. The summed E-state index contributed by atoms with van der Waals surface area (Å²) in [6.07, 6.45) is 11.0. The summed E-state index contributed by atoms with van der Waals surface area (Å²) in [6, 6.07) is 2.01. The van der Waals surface area contributed by atoms with Crippen LogP contribution in [0.2, 0.25) is 0 Å². The van der Waals surface area contributed by atoms with E-state index in [4.69, 9.17) is 0 Å². The van der Waals surface area contributed by atoms with Crippen molar-refractivity contribution in [1.82, 2.24) is 4.98 Å². The van der Waals surface area contributed by atoms with E-state index in [2.05, 4.69) is 29.4 Å². The molecule has 0 bridgehead atoms. The summed E-state index contributed by atoms with van der Waals surface area (Å²) >= 11 is 0. The minimum Gasteiger partial charge on any atom is -0.381 e. The molecule has 1 heterocycles. The number of anilines is 1. The Morgan fingerprint density at radius 3 is 3.14 bits per heavy atom. The Morgan fingerprint density at radius 2 is 2.43 bits per heavy atom. The van der Waals surface area contributed by atoms with Gasteiger partial charge in [0.15, 0.2) is 0 Å². The van der Waals surface area contributed by atoms with Crippen LogP contribution in [0, 0.1) is 12.8 Å². The van der Waals surface area contributed by atoms with E-state index in [0.717, 1.165) is 12.5 Å². The average molecular weight is 188 g/mol. The summed E-state index contributed by atoms with van der Waals surface area (Å²) in [5.41, 5.74) is 2.38. The molecule has 0 radical (unpaired) electrons. The second kappa shape index (κ2) is 4.27. The summed E-state index contributed by atoms with van der Waals surface area (Å²) < 4.78 is 0. The third kappa shape index (κ3) is 2.59. The molecule has 1 aromatic rings. The first-order valence-corrected chi connectivity index (χ1v) is 5.17. The van der Waals surface area contributed by atoms with Gasteiger partial charge in [-0.25, -0.2) is 0 Å². The second-order valence-electron chi connectivity index (χ2n) is 3.84. The molecule has 1 aliphatic carbocycles. The van der Waals surface area contributed by atoms with E-state index in [1.165, 1.54) is 24.1 Å². The van der Waals surface area contributed by atoms with Gasteiger partial charge in [0.25, 0.3) is 0 Å². The largest absolute Gasteiger partial charge is 0.381 e. The molecule has 74 valence electrons. The van der Waals surface area contributed by atoms with Crippen LogP contribution in [0.4, 0.5) is 5.69 Å². The highest BCUT2D eigenvalue weighted by Crippen LogP contribution is 2.29. The van der Waals surface area contributed by atoms with Gasteiger partial charge in [0.1, 0.15) is 0 Å². The van der Waals surface area contributed by atoms with Crippen molar-refractivity contribution in [3.05, 3.63) is 36.2 Å². The molecule has 0 aliphatic heterocycles. The Labute approximate surface area is 85.1 Å². The number of nitrogens with one attached hydrogen (secondary N) is 1. The standard InChI is InChI=1S/C12H16N2/c1-10-9-13-8-6-12(10)14-7-2-3-11-4-5-11/h2-3,6,8-9,11H,4-5,7H2,1H3,(H,13,14)/b3-2+. The van der Waals surface area contributed by atoms with Gasteiger partial charge < -0.3 is 5.32 Å².